The number of amides is 2. The molecular weight excluding hydrogens is 308 g/mol. The second-order valence-corrected chi connectivity index (χ2v) is 6.11. The first-order valence-electron chi connectivity index (χ1n) is 6.45. The van der Waals surface area contributed by atoms with Crippen molar-refractivity contribution in [2.75, 3.05) is 5.32 Å². The van der Waals surface area contributed by atoms with Crippen LogP contribution in [0.4, 0.5) is 5.69 Å². The molecule has 3 rings (SSSR count). The van der Waals surface area contributed by atoms with E-state index in [1.165, 1.54) is 4.90 Å². The fourth-order valence-electron chi connectivity index (χ4n) is 2.42. The third-order valence-electron chi connectivity index (χ3n) is 3.62. The van der Waals surface area contributed by atoms with E-state index in [-0.39, 0.29) is 24.3 Å². The molecule has 1 aromatic carbocycles. The number of imide groups is 1. The Morgan fingerprint density at radius 2 is 2.05 bits per heavy atom. The number of nitrogens with one attached hydrogen (secondary N) is 1. The first-order chi connectivity index (χ1) is 9.06. The van der Waals surface area contributed by atoms with Crippen LogP contribution in [0, 0.1) is 6.92 Å². The van der Waals surface area contributed by atoms with Crippen molar-refractivity contribution in [3.63, 3.8) is 0 Å². The molecule has 5 heteroatoms. The predicted octanol–water partition coefficient (Wildman–Crippen LogP) is 2.46. The van der Waals surface area contributed by atoms with E-state index < -0.39 is 6.04 Å². The number of carbonyl (C=O) groups excluding carboxylic acids is 2. The highest BCUT2D eigenvalue weighted by molar-refractivity contribution is 9.10. The van der Waals surface area contributed by atoms with Crippen LogP contribution in [0.15, 0.2) is 22.7 Å². The standard InChI is InChI=1S/C14H15BrN2O2/c1-8-2-3-9(15)6-11(8)16-12-7-13(18)17(14(12)19)10-4-5-10/h2-3,6,10,12,16H,4-5,7H2,1H3. The molecule has 19 heavy (non-hydrogen) atoms. The average Bonchev–Trinajstić information content (AvgIpc) is 3.13. The van der Waals surface area contributed by atoms with Crippen molar-refractivity contribution >= 4 is 33.4 Å². The second kappa shape index (κ2) is 4.63. The van der Waals surface area contributed by atoms with Gasteiger partial charge in [0.15, 0.2) is 0 Å². The van der Waals surface area contributed by atoms with Crippen LogP contribution >= 0.6 is 15.9 Å². The van der Waals surface area contributed by atoms with Crippen molar-refractivity contribution in [2.24, 2.45) is 0 Å². The topological polar surface area (TPSA) is 49.4 Å². The number of hydrogen-bond donors (Lipinski definition) is 1. The normalized spacial score (nSPS) is 23.1. The molecule has 100 valence electrons. The summed E-state index contributed by atoms with van der Waals surface area (Å²) < 4.78 is 0.955. The van der Waals surface area contributed by atoms with Crippen LogP contribution in [0.3, 0.4) is 0 Å². The van der Waals surface area contributed by atoms with E-state index in [2.05, 4.69) is 21.2 Å². The van der Waals surface area contributed by atoms with E-state index >= 15 is 0 Å². The highest BCUT2D eigenvalue weighted by Crippen LogP contribution is 2.32. The van der Waals surface area contributed by atoms with Crippen LogP contribution in [-0.4, -0.2) is 28.8 Å². The summed E-state index contributed by atoms with van der Waals surface area (Å²) in [7, 11) is 0. The first kappa shape index (κ1) is 12.7. The van der Waals surface area contributed by atoms with Gasteiger partial charge in [-0.25, -0.2) is 0 Å². The van der Waals surface area contributed by atoms with Gasteiger partial charge < -0.3 is 5.32 Å². The number of halogens is 1. The summed E-state index contributed by atoms with van der Waals surface area (Å²) >= 11 is 3.42. The minimum atomic E-state index is -0.416. The zero-order valence-electron chi connectivity index (χ0n) is 10.6. The van der Waals surface area contributed by atoms with Crippen molar-refractivity contribution < 1.29 is 9.59 Å². The lowest BCUT2D eigenvalue weighted by Gasteiger charge is -2.16. The molecule has 1 N–H and O–H groups in total. The van der Waals surface area contributed by atoms with Gasteiger partial charge in [-0.1, -0.05) is 22.0 Å². The maximum Gasteiger partial charge on any atom is 0.252 e. The zero-order chi connectivity index (χ0) is 13.6. The van der Waals surface area contributed by atoms with Crippen molar-refractivity contribution in [3.8, 4) is 0 Å². The number of carbonyl (C=O) groups is 2. The van der Waals surface area contributed by atoms with Gasteiger partial charge in [-0.2, -0.15) is 0 Å². The first-order valence-corrected chi connectivity index (χ1v) is 7.24. The summed E-state index contributed by atoms with van der Waals surface area (Å²) in [5.74, 6) is -0.121. The third kappa shape index (κ3) is 2.39. The largest absolute Gasteiger partial charge is 0.373 e. The SMILES string of the molecule is Cc1ccc(Br)cc1NC1CC(=O)N(C2CC2)C1=O. The van der Waals surface area contributed by atoms with Gasteiger partial charge in [0.2, 0.25) is 5.91 Å². The molecule has 0 radical (unpaired) electrons. The molecule has 1 atom stereocenters. The van der Waals surface area contributed by atoms with Gasteiger partial charge in [0.1, 0.15) is 6.04 Å². The minimum Gasteiger partial charge on any atom is -0.373 e. The Bertz CT molecular complexity index is 554. The van der Waals surface area contributed by atoms with Crippen LogP contribution < -0.4 is 5.32 Å². The van der Waals surface area contributed by atoms with E-state index in [0.717, 1.165) is 28.6 Å². The van der Waals surface area contributed by atoms with E-state index in [4.69, 9.17) is 0 Å². The molecule has 0 spiro atoms. The molecule has 1 aliphatic carbocycles. The summed E-state index contributed by atoms with van der Waals surface area (Å²) in [6.07, 6.45) is 2.18. The molecule has 1 aliphatic heterocycles. The Kier molecular flexibility index (Phi) is 3.09. The lowest BCUT2D eigenvalue weighted by molar-refractivity contribution is -0.139. The number of rotatable bonds is 3. The Hall–Kier alpha value is -1.36. The number of benzene rings is 1. The highest BCUT2D eigenvalue weighted by Gasteiger charge is 2.46. The molecule has 2 aliphatic rings. The van der Waals surface area contributed by atoms with Gasteiger partial charge in [0, 0.05) is 16.2 Å². The van der Waals surface area contributed by atoms with Crippen LogP contribution in [0.2, 0.25) is 0 Å². The summed E-state index contributed by atoms with van der Waals surface area (Å²) in [5.41, 5.74) is 1.96. The maximum atomic E-state index is 12.2. The molecule has 0 bridgehead atoms. The quantitative estimate of drug-likeness (QED) is 0.870. The molecule has 1 saturated carbocycles. The van der Waals surface area contributed by atoms with E-state index in [1.54, 1.807) is 0 Å². The van der Waals surface area contributed by atoms with Gasteiger partial charge in [0.05, 0.1) is 6.42 Å². The number of nitrogens with zero attached hydrogens (tertiary/aromatic N) is 1. The highest BCUT2D eigenvalue weighted by atomic mass is 79.9. The molecule has 1 saturated heterocycles. The van der Waals surface area contributed by atoms with Gasteiger partial charge in [-0.05, 0) is 37.5 Å². The molecule has 0 aromatic heterocycles. The van der Waals surface area contributed by atoms with Crippen LogP contribution in [0.5, 0.6) is 0 Å². The number of anilines is 1. The lowest BCUT2D eigenvalue weighted by atomic mass is 10.1. The predicted molar refractivity (Wildman–Crippen MR) is 75.8 cm³/mol. The number of hydrogen-bond acceptors (Lipinski definition) is 3. The fraction of sp³-hybridized carbons (Fsp3) is 0.429. The van der Waals surface area contributed by atoms with E-state index in [9.17, 15) is 9.59 Å². The summed E-state index contributed by atoms with van der Waals surface area (Å²) in [6.45, 7) is 1.98. The molecule has 1 unspecified atom stereocenters. The minimum absolute atomic E-state index is 0.0438. The van der Waals surface area contributed by atoms with Crippen molar-refractivity contribution in [1.82, 2.24) is 4.90 Å². The van der Waals surface area contributed by atoms with Crippen LogP contribution in [-0.2, 0) is 9.59 Å². The van der Waals surface area contributed by atoms with Gasteiger partial charge >= 0.3 is 0 Å². The maximum absolute atomic E-state index is 12.2. The van der Waals surface area contributed by atoms with Crippen molar-refractivity contribution in [1.29, 1.82) is 0 Å². The number of aryl methyl sites for hydroxylation is 1. The third-order valence-corrected chi connectivity index (χ3v) is 4.12. The van der Waals surface area contributed by atoms with Crippen LogP contribution in [0.25, 0.3) is 0 Å². The average molecular weight is 323 g/mol. The van der Waals surface area contributed by atoms with Gasteiger partial charge in [-0.3, -0.25) is 14.5 Å². The van der Waals surface area contributed by atoms with E-state index in [0.29, 0.717) is 0 Å². The second-order valence-electron chi connectivity index (χ2n) is 5.19. The molecule has 4 nitrogen and oxygen atoms in total. The van der Waals surface area contributed by atoms with Crippen molar-refractivity contribution in [2.45, 2.75) is 38.3 Å². The Balaban J connectivity index is 1.78. The van der Waals surface area contributed by atoms with Gasteiger partial charge in [0.25, 0.3) is 5.91 Å². The molecule has 2 amide bonds. The molecule has 1 heterocycles. The summed E-state index contributed by atoms with van der Waals surface area (Å²) in [6, 6.07) is 5.62. The van der Waals surface area contributed by atoms with Crippen molar-refractivity contribution in [3.05, 3.63) is 28.2 Å². The Morgan fingerprint density at radius 3 is 2.74 bits per heavy atom. The molecular formula is C14H15BrN2O2. The zero-order valence-corrected chi connectivity index (χ0v) is 12.2. The Morgan fingerprint density at radius 1 is 1.32 bits per heavy atom. The van der Waals surface area contributed by atoms with Crippen LogP contribution in [0.1, 0.15) is 24.8 Å². The molecule has 1 aromatic rings. The molecule has 2 fully saturated rings. The monoisotopic (exact) mass is 322 g/mol. The summed E-state index contributed by atoms with van der Waals surface area (Å²) in [4.78, 5) is 25.6. The van der Waals surface area contributed by atoms with E-state index in [1.807, 2.05) is 25.1 Å². The summed E-state index contributed by atoms with van der Waals surface area (Å²) in [5, 5.41) is 3.20. The lowest BCUT2D eigenvalue weighted by Crippen LogP contribution is -2.36. The smallest absolute Gasteiger partial charge is 0.252 e. The van der Waals surface area contributed by atoms with Gasteiger partial charge in [-0.15, -0.1) is 0 Å². The fourth-order valence-corrected chi connectivity index (χ4v) is 2.78. The number of likely N-dealkylation sites (tertiary alicyclic amines) is 1. The Labute approximate surface area is 120 Å².